The molecule has 1 fully saturated rings. The number of rotatable bonds is 2. The zero-order valence-electron chi connectivity index (χ0n) is 7.42. The lowest BCUT2D eigenvalue weighted by Gasteiger charge is -2.22. The predicted octanol–water partition coefficient (Wildman–Crippen LogP) is 3.54. The lowest BCUT2D eigenvalue weighted by molar-refractivity contribution is 0.462. The highest BCUT2D eigenvalue weighted by Gasteiger charge is 2.13. The second-order valence-electron chi connectivity index (χ2n) is 3.45. The van der Waals surface area contributed by atoms with Crippen molar-refractivity contribution in [2.24, 2.45) is 0 Å². The van der Waals surface area contributed by atoms with Gasteiger partial charge in [0.1, 0.15) is 5.15 Å². The second-order valence-corrected chi connectivity index (χ2v) is 4.70. The van der Waals surface area contributed by atoms with E-state index in [2.05, 4.69) is 10.3 Å². The van der Waals surface area contributed by atoms with E-state index >= 15 is 0 Å². The number of nitrogens with one attached hydrogen (secondary N) is 1. The summed E-state index contributed by atoms with van der Waals surface area (Å²) < 4.78 is 0. The molecule has 0 unspecified atom stereocenters. The van der Waals surface area contributed by atoms with Gasteiger partial charge in [-0.05, 0) is 12.8 Å². The van der Waals surface area contributed by atoms with Crippen LogP contribution in [0.1, 0.15) is 32.1 Å². The van der Waals surface area contributed by atoms with Crippen LogP contribution in [0.4, 0.5) is 5.13 Å². The van der Waals surface area contributed by atoms with Gasteiger partial charge in [-0.2, -0.15) is 0 Å². The first-order valence-corrected chi connectivity index (χ1v) is 5.98. The molecule has 13 heavy (non-hydrogen) atoms. The van der Waals surface area contributed by atoms with Crippen LogP contribution >= 0.6 is 22.9 Å². The largest absolute Gasteiger partial charge is 0.359 e. The summed E-state index contributed by atoms with van der Waals surface area (Å²) >= 11 is 7.33. The molecule has 2 rings (SSSR count). The Bertz CT molecular complexity index is 268. The quantitative estimate of drug-likeness (QED) is 0.818. The fraction of sp³-hybridized carbons (Fsp3) is 0.667. The Balaban J connectivity index is 1.89. The first-order chi connectivity index (χ1) is 6.34. The lowest BCUT2D eigenvalue weighted by atomic mass is 9.96. The summed E-state index contributed by atoms with van der Waals surface area (Å²) in [5.41, 5.74) is 0. The number of anilines is 1. The van der Waals surface area contributed by atoms with Gasteiger partial charge in [0.25, 0.3) is 0 Å². The molecule has 1 aliphatic rings. The minimum absolute atomic E-state index is 0.600. The zero-order valence-corrected chi connectivity index (χ0v) is 9.00. The summed E-state index contributed by atoms with van der Waals surface area (Å²) in [6.07, 6.45) is 6.62. The smallest absolute Gasteiger partial charge is 0.184 e. The van der Waals surface area contributed by atoms with Crippen LogP contribution in [0.3, 0.4) is 0 Å². The molecule has 0 spiro atoms. The maximum absolute atomic E-state index is 5.74. The van der Waals surface area contributed by atoms with Gasteiger partial charge in [0.15, 0.2) is 5.13 Å². The van der Waals surface area contributed by atoms with Crippen molar-refractivity contribution in [1.29, 1.82) is 0 Å². The monoisotopic (exact) mass is 216 g/mol. The molecule has 4 heteroatoms. The molecule has 72 valence electrons. The second kappa shape index (κ2) is 4.29. The first kappa shape index (κ1) is 9.28. The molecular formula is C9H13ClN2S. The van der Waals surface area contributed by atoms with Crippen LogP contribution in [0.5, 0.6) is 0 Å². The highest BCUT2D eigenvalue weighted by atomic mass is 35.5. The van der Waals surface area contributed by atoms with Crippen LogP contribution in [-0.4, -0.2) is 11.0 Å². The van der Waals surface area contributed by atoms with E-state index in [1.165, 1.54) is 32.1 Å². The van der Waals surface area contributed by atoms with Crippen LogP contribution in [0, 0.1) is 0 Å². The molecule has 2 nitrogen and oxygen atoms in total. The highest BCUT2D eigenvalue weighted by molar-refractivity contribution is 7.14. The van der Waals surface area contributed by atoms with E-state index < -0.39 is 0 Å². The van der Waals surface area contributed by atoms with E-state index in [-0.39, 0.29) is 0 Å². The molecule has 0 saturated heterocycles. The van der Waals surface area contributed by atoms with E-state index in [1.807, 2.05) is 5.38 Å². The molecule has 0 aromatic carbocycles. The number of nitrogens with zero attached hydrogens (tertiary/aromatic N) is 1. The van der Waals surface area contributed by atoms with Gasteiger partial charge < -0.3 is 5.32 Å². The molecule has 0 radical (unpaired) electrons. The van der Waals surface area contributed by atoms with Crippen molar-refractivity contribution in [3.05, 3.63) is 10.5 Å². The van der Waals surface area contributed by atoms with E-state index in [0.717, 1.165) is 5.13 Å². The predicted molar refractivity (Wildman–Crippen MR) is 57.6 cm³/mol. The summed E-state index contributed by atoms with van der Waals surface area (Å²) in [4.78, 5) is 4.18. The summed E-state index contributed by atoms with van der Waals surface area (Å²) in [6, 6.07) is 0.621. The van der Waals surface area contributed by atoms with Crippen molar-refractivity contribution in [3.63, 3.8) is 0 Å². The summed E-state index contributed by atoms with van der Waals surface area (Å²) in [5, 5.41) is 6.86. The van der Waals surface area contributed by atoms with Crippen molar-refractivity contribution in [3.8, 4) is 0 Å². The van der Waals surface area contributed by atoms with Gasteiger partial charge in [0.2, 0.25) is 0 Å². The van der Waals surface area contributed by atoms with Crippen LogP contribution in [-0.2, 0) is 0 Å². The van der Waals surface area contributed by atoms with Crippen molar-refractivity contribution in [2.45, 2.75) is 38.1 Å². The molecule has 1 aliphatic carbocycles. The minimum atomic E-state index is 0.600. The molecule has 0 bridgehead atoms. The van der Waals surface area contributed by atoms with Crippen LogP contribution in [0.15, 0.2) is 5.38 Å². The van der Waals surface area contributed by atoms with E-state index in [4.69, 9.17) is 11.6 Å². The summed E-state index contributed by atoms with van der Waals surface area (Å²) in [6.45, 7) is 0. The van der Waals surface area contributed by atoms with Crippen molar-refractivity contribution < 1.29 is 0 Å². The van der Waals surface area contributed by atoms with Gasteiger partial charge in [-0.3, -0.25) is 0 Å². The molecule has 0 atom stereocenters. The molecule has 1 aromatic heterocycles. The van der Waals surface area contributed by atoms with Gasteiger partial charge in [0.05, 0.1) is 0 Å². The van der Waals surface area contributed by atoms with Gasteiger partial charge in [-0.25, -0.2) is 4.98 Å². The maximum atomic E-state index is 5.74. The summed E-state index contributed by atoms with van der Waals surface area (Å²) in [7, 11) is 0. The van der Waals surface area contributed by atoms with Crippen LogP contribution in [0.25, 0.3) is 0 Å². The Kier molecular flexibility index (Phi) is 3.06. The molecule has 1 heterocycles. The van der Waals surface area contributed by atoms with E-state index in [0.29, 0.717) is 11.2 Å². The van der Waals surface area contributed by atoms with Crippen molar-refractivity contribution >= 4 is 28.1 Å². The minimum Gasteiger partial charge on any atom is -0.359 e. The molecule has 1 N–H and O–H groups in total. The van der Waals surface area contributed by atoms with E-state index in [1.54, 1.807) is 11.3 Å². The number of thiazole rings is 1. The van der Waals surface area contributed by atoms with Gasteiger partial charge in [-0.1, -0.05) is 30.9 Å². The highest BCUT2D eigenvalue weighted by Crippen LogP contribution is 2.24. The normalized spacial score (nSPS) is 18.8. The number of halogens is 1. The van der Waals surface area contributed by atoms with Crippen LogP contribution in [0.2, 0.25) is 5.15 Å². The molecule has 1 aromatic rings. The molecular weight excluding hydrogens is 204 g/mol. The molecule has 1 saturated carbocycles. The average molecular weight is 217 g/mol. The van der Waals surface area contributed by atoms with Crippen molar-refractivity contribution in [2.75, 3.05) is 5.32 Å². The summed E-state index contributed by atoms with van der Waals surface area (Å²) in [5.74, 6) is 0. The third-order valence-electron chi connectivity index (χ3n) is 2.41. The van der Waals surface area contributed by atoms with Gasteiger partial charge in [-0.15, -0.1) is 11.3 Å². The third-order valence-corrected chi connectivity index (χ3v) is 3.51. The number of hydrogen-bond donors (Lipinski definition) is 1. The fourth-order valence-corrected chi connectivity index (χ4v) is 2.66. The molecule has 0 amide bonds. The Hall–Kier alpha value is -0.280. The maximum Gasteiger partial charge on any atom is 0.184 e. The Morgan fingerprint density at radius 2 is 2.15 bits per heavy atom. The fourth-order valence-electron chi connectivity index (χ4n) is 1.74. The average Bonchev–Trinajstić information content (AvgIpc) is 2.53. The number of hydrogen-bond acceptors (Lipinski definition) is 3. The van der Waals surface area contributed by atoms with Gasteiger partial charge in [0, 0.05) is 11.4 Å². The Labute approximate surface area is 87.3 Å². The third kappa shape index (κ3) is 2.58. The number of aromatic nitrogens is 1. The standard InChI is InChI=1S/C9H13ClN2S/c10-8-6-13-9(12-8)11-7-4-2-1-3-5-7/h6-7H,1-5H2,(H,11,12). The Morgan fingerprint density at radius 3 is 2.77 bits per heavy atom. The van der Waals surface area contributed by atoms with Crippen LogP contribution < -0.4 is 5.32 Å². The van der Waals surface area contributed by atoms with E-state index in [9.17, 15) is 0 Å². The first-order valence-electron chi connectivity index (χ1n) is 4.72. The zero-order chi connectivity index (χ0) is 9.10. The SMILES string of the molecule is Clc1csc(NC2CCCCC2)n1. The van der Waals surface area contributed by atoms with Crippen molar-refractivity contribution in [1.82, 2.24) is 4.98 Å². The molecule has 0 aliphatic heterocycles. The topological polar surface area (TPSA) is 24.9 Å². The lowest BCUT2D eigenvalue weighted by Crippen LogP contribution is -2.21. The van der Waals surface area contributed by atoms with Gasteiger partial charge >= 0.3 is 0 Å². The Morgan fingerprint density at radius 1 is 1.38 bits per heavy atom.